The molecule has 1 unspecified atom stereocenters. The third kappa shape index (κ3) is 4.00. The lowest BCUT2D eigenvalue weighted by atomic mass is 10.2. The summed E-state index contributed by atoms with van der Waals surface area (Å²) in [5, 5.41) is 0. The van der Waals surface area contributed by atoms with Crippen molar-refractivity contribution in [3.05, 3.63) is 35.9 Å². The van der Waals surface area contributed by atoms with Crippen molar-refractivity contribution in [2.24, 2.45) is 16.5 Å². The highest BCUT2D eigenvalue weighted by Gasteiger charge is 2.10. The lowest BCUT2D eigenvalue weighted by molar-refractivity contribution is 0.0360. The van der Waals surface area contributed by atoms with Crippen LogP contribution in [0.2, 0.25) is 0 Å². The summed E-state index contributed by atoms with van der Waals surface area (Å²) in [6.07, 6.45) is -0.352. The standard InChI is InChI=1S/C11H15N3O2/c1-8(7-14-11(12)13)16-10(15)9-5-3-2-4-6-9/h2-6,8H,7H2,1H3,(H4,12,13,14). The average molecular weight is 221 g/mol. The molecule has 86 valence electrons. The van der Waals surface area contributed by atoms with Crippen LogP contribution in [-0.4, -0.2) is 24.6 Å². The van der Waals surface area contributed by atoms with E-state index in [-0.39, 0.29) is 24.6 Å². The van der Waals surface area contributed by atoms with Crippen molar-refractivity contribution in [1.82, 2.24) is 0 Å². The maximum atomic E-state index is 11.6. The maximum absolute atomic E-state index is 11.6. The van der Waals surface area contributed by atoms with Gasteiger partial charge < -0.3 is 16.2 Å². The number of carbonyl (C=O) groups is 1. The molecule has 0 amide bonds. The molecule has 0 aliphatic rings. The summed E-state index contributed by atoms with van der Waals surface area (Å²) >= 11 is 0. The average Bonchev–Trinajstić information content (AvgIpc) is 2.27. The van der Waals surface area contributed by atoms with E-state index in [4.69, 9.17) is 16.2 Å². The molecule has 1 aromatic rings. The highest BCUT2D eigenvalue weighted by molar-refractivity contribution is 5.89. The minimum Gasteiger partial charge on any atom is -0.457 e. The predicted molar refractivity (Wildman–Crippen MR) is 62.0 cm³/mol. The van der Waals surface area contributed by atoms with E-state index in [1.165, 1.54) is 0 Å². The van der Waals surface area contributed by atoms with Crippen molar-refractivity contribution in [3.63, 3.8) is 0 Å². The van der Waals surface area contributed by atoms with Crippen LogP contribution in [0.25, 0.3) is 0 Å². The zero-order valence-corrected chi connectivity index (χ0v) is 9.09. The van der Waals surface area contributed by atoms with Crippen LogP contribution >= 0.6 is 0 Å². The second-order valence-corrected chi connectivity index (χ2v) is 3.35. The van der Waals surface area contributed by atoms with Crippen molar-refractivity contribution in [3.8, 4) is 0 Å². The van der Waals surface area contributed by atoms with Crippen LogP contribution in [-0.2, 0) is 4.74 Å². The van der Waals surface area contributed by atoms with Gasteiger partial charge in [0.1, 0.15) is 6.10 Å². The topological polar surface area (TPSA) is 90.7 Å². The molecule has 4 N–H and O–H groups in total. The number of benzene rings is 1. The first-order valence-corrected chi connectivity index (χ1v) is 4.91. The third-order valence-electron chi connectivity index (χ3n) is 1.85. The fourth-order valence-electron chi connectivity index (χ4n) is 1.10. The molecule has 0 aliphatic carbocycles. The van der Waals surface area contributed by atoms with Crippen LogP contribution in [0.15, 0.2) is 35.3 Å². The first-order valence-electron chi connectivity index (χ1n) is 4.91. The predicted octanol–water partition coefficient (Wildman–Crippen LogP) is 0.505. The Morgan fingerprint density at radius 2 is 2.00 bits per heavy atom. The Morgan fingerprint density at radius 1 is 1.38 bits per heavy atom. The number of rotatable bonds is 4. The van der Waals surface area contributed by atoms with Crippen molar-refractivity contribution < 1.29 is 9.53 Å². The van der Waals surface area contributed by atoms with Crippen LogP contribution < -0.4 is 11.5 Å². The number of guanidine groups is 1. The molecule has 0 heterocycles. The Labute approximate surface area is 94.1 Å². The number of aliphatic imine (C=N–C) groups is 1. The molecule has 0 saturated carbocycles. The first kappa shape index (κ1) is 12.0. The van der Waals surface area contributed by atoms with E-state index in [1.54, 1.807) is 31.2 Å². The molecule has 0 radical (unpaired) electrons. The summed E-state index contributed by atoms with van der Waals surface area (Å²) in [6, 6.07) is 8.76. The van der Waals surface area contributed by atoms with Crippen LogP contribution in [0.1, 0.15) is 17.3 Å². The van der Waals surface area contributed by atoms with Gasteiger partial charge in [-0.25, -0.2) is 9.79 Å². The SMILES string of the molecule is CC(CN=C(N)N)OC(=O)c1ccccc1. The van der Waals surface area contributed by atoms with Gasteiger partial charge >= 0.3 is 5.97 Å². The largest absolute Gasteiger partial charge is 0.457 e. The van der Waals surface area contributed by atoms with Crippen LogP contribution in [0, 0.1) is 0 Å². The Hall–Kier alpha value is -2.04. The second kappa shape index (κ2) is 5.75. The molecule has 0 saturated heterocycles. The van der Waals surface area contributed by atoms with E-state index in [0.29, 0.717) is 5.56 Å². The van der Waals surface area contributed by atoms with Gasteiger partial charge in [-0.05, 0) is 19.1 Å². The molecule has 5 heteroatoms. The molecule has 0 aliphatic heterocycles. The summed E-state index contributed by atoms with van der Waals surface area (Å²) in [5.41, 5.74) is 10.9. The summed E-state index contributed by atoms with van der Waals surface area (Å²) < 4.78 is 5.13. The molecule has 0 bridgehead atoms. The molecular formula is C11H15N3O2. The summed E-state index contributed by atoms with van der Waals surface area (Å²) in [5.74, 6) is -0.387. The Balaban J connectivity index is 2.49. The third-order valence-corrected chi connectivity index (χ3v) is 1.85. The summed E-state index contributed by atoms with van der Waals surface area (Å²) in [4.78, 5) is 15.3. The van der Waals surface area contributed by atoms with Crippen LogP contribution in [0.3, 0.4) is 0 Å². The van der Waals surface area contributed by atoms with Gasteiger partial charge in [0, 0.05) is 0 Å². The summed E-state index contributed by atoms with van der Waals surface area (Å²) in [7, 11) is 0. The molecule has 0 spiro atoms. The lowest BCUT2D eigenvalue weighted by Gasteiger charge is -2.10. The zero-order valence-electron chi connectivity index (χ0n) is 9.09. The number of ether oxygens (including phenoxy) is 1. The molecule has 5 nitrogen and oxygen atoms in total. The van der Waals surface area contributed by atoms with E-state index >= 15 is 0 Å². The van der Waals surface area contributed by atoms with Crippen molar-refractivity contribution in [1.29, 1.82) is 0 Å². The zero-order chi connectivity index (χ0) is 12.0. The van der Waals surface area contributed by atoms with Gasteiger partial charge in [0.25, 0.3) is 0 Å². The van der Waals surface area contributed by atoms with Gasteiger partial charge in [-0.1, -0.05) is 18.2 Å². The number of nitrogens with zero attached hydrogens (tertiary/aromatic N) is 1. The molecular weight excluding hydrogens is 206 g/mol. The number of hydrogen-bond donors (Lipinski definition) is 2. The van der Waals surface area contributed by atoms with Crippen molar-refractivity contribution >= 4 is 11.9 Å². The molecule has 0 fully saturated rings. The molecule has 1 aromatic carbocycles. The number of esters is 1. The second-order valence-electron chi connectivity index (χ2n) is 3.35. The maximum Gasteiger partial charge on any atom is 0.338 e. The van der Waals surface area contributed by atoms with E-state index in [2.05, 4.69) is 4.99 Å². The van der Waals surface area contributed by atoms with Gasteiger partial charge in [0.2, 0.25) is 0 Å². The minimum absolute atomic E-state index is 0.0115. The number of hydrogen-bond acceptors (Lipinski definition) is 3. The van der Waals surface area contributed by atoms with E-state index < -0.39 is 0 Å². The van der Waals surface area contributed by atoms with E-state index in [9.17, 15) is 4.79 Å². The fraction of sp³-hybridized carbons (Fsp3) is 0.273. The molecule has 0 aromatic heterocycles. The van der Waals surface area contributed by atoms with Gasteiger partial charge in [0.15, 0.2) is 5.96 Å². The van der Waals surface area contributed by atoms with Gasteiger partial charge in [-0.2, -0.15) is 0 Å². The first-order chi connectivity index (χ1) is 7.59. The summed E-state index contributed by atoms with van der Waals surface area (Å²) in [6.45, 7) is 1.99. The molecule has 1 rings (SSSR count). The van der Waals surface area contributed by atoms with Crippen LogP contribution in [0.5, 0.6) is 0 Å². The smallest absolute Gasteiger partial charge is 0.338 e. The Bertz CT molecular complexity index is 372. The van der Waals surface area contributed by atoms with E-state index in [0.717, 1.165) is 0 Å². The van der Waals surface area contributed by atoms with E-state index in [1.807, 2.05) is 6.07 Å². The Morgan fingerprint density at radius 3 is 2.56 bits per heavy atom. The molecule has 16 heavy (non-hydrogen) atoms. The monoisotopic (exact) mass is 221 g/mol. The van der Waals surface area contributed by atoms with Gasteiger partial charge in [-0.3, -0.25) is 0 Å². The lowest BCUT2D eigenvalue weighted by Crippen LogP contribution is -2.26. The van der Waals surface area contributed by atoms with Gasteiger partial charge in [0.05, 0.1) is 12.1 Å². The minimum atomic E-state index is -0.376. The normalized spacial score (nSPS) is 11.6. The highest BCUT2D eigenvalue weighted by Crippen LogP contribution is 2.03. The Kier molecular flexibility index (Phi) is 4.32. The number of nitrogens with two attached hydrogens (primary N) is 2. The van der Waals surface area contributed by atoms with Crippen molar-refractivity contribution in [2.45, 2.75) is 13.0 Å². The highest BCUT2D eigenvalue weighted by atomic mass is 16.5. The van der Waals surface area contributed by atoms with Crippen LogP contribution in [0.4, 0.5) is 0 Å². The van der Waals surface area contributed by atoms with Gasteiger partial charge in [-0.15, -0.1) is 0 Å². The molecule has 1 atom stereocenters. The van der Waals surface area contributed by atoms with Crippen molar-refractivity contribution in [2.75, 3.05) is 6.54 Å². The number of carbonyl (C=O) groups excluding carboxylic acids is 1. The quantitative estimate of drug-likeness (QED) is 0.440. The fourth-order valence-corrected chi connectivity index (χ4v) is 1.10.